The summed E-state index contributed by atoms with van der Waals surface area (Å²) in [6.45, 7) is 5.71. The Morgan fingerprint density at radius 2 is 1.82 bits per heavy atom. The quantitative estimate of drug-likeness (QED) is 0.304. The first kappa shape index (κ1) is 28.8. The third-order valence-corrected chi connectivity index (χ3v) is 8.56. The highest BCUT2D eigenvalue weighted by atomic mass is 32.1. The summed E-state index contributed by atoms with van der Waals surface area (Å²) in [5.41, 5.74) is 0.174. The van der Waals surface area contributed by atoms with Gasteiger partial charge in [0.15, 0.2) is 0 Å². The molecule has 12 heteroatoms. The van der Waals surface area contributed by atoms with Crippen molar-refractivity contribution in [1.82, 2.24) is 4.98 Å². The molecule has 4 rings (SSSR count). The summed E-state index contributed by atoms with van der Waals surface area (Å²) in [6.07, 6.45) is -1.55. The summed E-state index contributed by atoms with van der Waals surface area (Å²) in [6, 6.07) is 4.52. The van der Waals surface area contributed by atoms with Crippen LogP contribution in [0.15, 0.2) is 35.2 Å². The molecule has 208 valence electrons. The van der Waals surface area contributed by atoms with E-state index in [9.17, 15) is 32.7 Å². The summed E-state index contributed by atoms with van der Waals surface area (Å²) in [4.78, 5) is 43.5. The van der Waals surface area contributed by atoms with Crippen molar-refractivity contribution < 1.29 is 32.7 Å². The average molecular weight is 580 g/mol. The Kier molecular flexibility index (Phi) is 8.45. The van der Waals surface area contributed by atoms with Crippen LogP contribution < -0.4 is 10.2 Å². The van der Waals surface area contributed by atoms with Gasteiger partial charge in [-0.2, -0.15) is 13.2 Å². The lowest BCUT2D eigenvalue weighted by molar-refractivity contribution is -0.136. The second kappa shape index (κ2) is 11.5. The number of carboxylic acids is 1. The van der Waals surface area contributed by atoms with E-state index in [0.717, 1.165) is 47.6 Å². The lowest BCUT2D eigenvalue weighted by atomic mass is 9.82. The van der Waals surface area contributed by atoms with Crippen LogP contribution in [0, 0.1) is 11.8 Å². The number of aromatic nitrogens is 1. The van der Waals surface area contributed by atoms with Gasteiger partial charge >= 0.3 is 12.1 Å². The maximum absolute atomic E-state index is 14.0. The normalized spacial score (nSPS) is 17.7. The third-order valence-electron chi connectivity index (χ3n) is 6.81. The van der Waals surface area contributed by atoms with E-state index >= 15 is 0 Å². The number of benzene rings is 1. The molecular weight excluding hydrogens is 551 g/mol. The second-order valence-corrected chi connectivity index (χ2v) is 11.7. The summed E-state index contributed by atoms with van der Waals surface area (Å²) >= 11 is 1.95. The van der Waals surface area contributed by atoms with Gasteiger partial charge in [-0.15, -0.1) is 22.7 Å². The van der Waals surface area contributed by atoms with E-state index in [1.54, 1.807) is 13.8 Å². The van der Waals surface area contributed by atoms with Crippen LogP contribution in [0.2, 0.25) is 0 Å². The molecule has 1 fully saturated rings. The van der Waals surface area contributed by atoms with E-state index in [0.29, 0.717) is 18.8 Å². The number of alkyl halides is 3. The third kappa shape index (κ3) is 6.33. The number of halogens is 3. The molecule has 1 saturated carbocycles. The molecule has 7 nitrogen and oxygen atoms in total. The minimum absolute atomic E-state index is 0.00272. The number of aromatic carboxylic acids is 1. The van der Waals surface area contributed by atoms with Crippen LogP contribution >= 0.6 is 22.7 Å². The van der Waals surface area contributed by atoms with Crippen molar-refractivity contribution in [2.24, 2.45) is 11.8 Å². The van der Waals surface area contributed by atoms with Crippen LogP contribution in [0.1, 0.15) is 72.2 Å². The molecule has 0 bridgehead atoms. The number of amides is 2. The first-order valence-corrected chi connectivity index (χ1v) is 14.2. The van der Waals surface area contributed by atoms with Gasteiger partial charge in [0.2, 0.25) is 5.91 Å². The first-order chi connectivity index (χ1) is 18.4. The lowest BCUT2D eigenvalue weighted by Crippen LogP contribution is -2.42. The fraction of sp³-hybridized carbons (Fsp3) is 0.407. The number of rotatable bonds is 7. The lowest BCUT2D eigenvalue weighted by Gasteiger charge is -2.33. The summed E-state index contributed by atoms with van der Waals surface area (Å²) in [7, 11) is 0. The number of hydrogen-bond donors (Lipinski definition) is 2. The molecule has 2 heterocycles. The van der Waals surface area contributed by atoms with Crippen molar-refractivity contribution in [3.8, 4) is 10.4 Å². The highest BCUT2D eigenvalue weighted by Crippen LogP contribution is 2.43. The molecule has 2 N–H and O–H groups in total. The Morgan fingerprint density at radius 1 is 1.13 bits per heavy atom. The van der Waals surface area contributed by atoms with E-state index in [1.807, 2.05) is 0 Å². The van der Waals surface area contributed by atoms with Crippen molar-refractivity contribution in [2.75, 3.05) is 10.2 Å². The predicted molar refractivity (Wildman–Crippen MR) is 146 cm³/mol. The number of carbonyl (C=O) groups excluding carboxylic acids is 2. The number of thiophene rings is 1. The Hall–Kier alpha value is -3.25. The fourth-order valence-corrected chi connectivity index (χ4v) is 6.28. The average Bonchev–Trinajstić information content (AvgIpc) is 3.55. The monoisotopic (exact) mass is 579 g/mol. The molecule has 39 heavy (non-hydrogen) atoms. The van der Waals surface area contributed by atoms with Crippen molar-refractivity contribution in [1.29, 1.82) is 0 Å². The number of nitrogens with one attached hydrogen (secondary N) is 1. The SMILES string of the molecule is CC1CCC(C(=O)N(c2cc(-c3ccc(NC(=O)c4cscn4)c(C(F)(F)F)c3)sc2C(=O)O)C(C)C)CC1. The Labute approximate surface area is 231 Å². The number of carbonyl (C=O) groups is 3. The van der Waals surface area contributed by atoms with Gasteiger partial charge in [0, 0.05) is 22.2 Å². The van der Waals surface area contributed by atoms with Gasteiger partial charge in [0.1, 0.15) is 10.6 Å². The highest BCUT2D eigenvalue weighted by Gasteiger charge is 2.36. The van der Waals surface area contributed by atoms with Crippen molar-refractivity contribution >= 4 is 51.8 Å². The van der Waals surface area contributed by atoms with Gasteiger partial charge in [0.05, 0.1) is 22.4 Å². The van der Waals surface area contributed by atoms with Crippen molar-refractivity contribution in [2.45, 2.75) is 58.7 Å². The Morgan fingerprint density at radius 3 is 2.38 bits per heavy atom. The molecule has 0 aliphatic heterocycles. The highest BCUT2D eigenvalue weighted by molar-refractivity contribution is 7.18. The molecule has 0 spiro atoms. The van der Waals surface area contributed by atoms with Crippen LogP contribution in [0.25, 0.3) is 10.4 Å². The zero-order chi connectivity index (χ0) is 28.5. The van der Waals surface area contributed by atoms with E-state index in [-0.39, 0.29) is 44.6 Å². The molecule has 2 amide bonds. The minimum Gasteiger partial charge on any atom is -0.477 e. The van der Waals surface area contributed by atoms with E-state index < -0.39 is 29.3 Å². The molecule has 0 atom stereocenters. The summed E-state index contributed by atoms with van der Waals surface area (Å²) in [5.74, 6) is -1.91. The Balaban J connectivity index is 1.72. The standard InChI is InChI=1S/C27H28F3N3O4S2/c1-14(2)33(25(35)16-6-4-15(3)5-7-16)21-11-22(39-23(21)26(36)37)17-8-9-19(18(10-17)27(28,29)30)32-24(34)20-12-38-13-31-20/h8-16H,4-7H2,1-3H3,(H,32,34)(H,36,37). The topological polar surface area (TPSA) is 99.6 Å². The van der Waals surface area contributed by atoms with Crippen LogP contribution in [0.4, 0.5) is 24.5 Å². The molecule has 0 saturated heterocycles. The second-order valence-electron chi connectivity index (χ2n) is 9.97. The van der Waals surface area contributed by atoms with Crippen molar-refractivity contribution in [3.05, 3.63) is 51.3 Å². The van der Waals surface area contributed by atoms with Gasteiger partial charge in [-0.25, -0.2) is 9.78 Å². The fourth-order valence-electron chi connectivity index (χ4n) is 4.76. The number of thiazole rings is 1. The molecule has 3 aromatic rings. The molecule has 1 aliphatic carbocycles. The van der Waals surface area contributed by atoms with Crippen LogP contribution in [-0.2, 0) is 11.0 Å². The van der Waals surface area contributed by atoms with Gasteiger partial charge < -0.3 is 15.3 Å². The number of carboxylic acid groups (broad SMARTS) is 1. The van der Waals surface area contributed by atoms with E-state index in [2.05, 4.69) is 17.2 Å². The minimum atomic E-state index is -4.80. The van der Waals surface area contributed by atoms with Gasteiger partial charge in [-0.05, 0) is 69.2 Å². The molecule has 0 radical (unpaired) electrons. The number of hydrogen-bond acceptors (Lipinski definition) is 6. The van der Waals surface area contributed by atoms with E-state index in [1.165, 1.54) is 27.9 Å². The van der Waals surface area contributed by atoms with Crippen molar-refractivity contribution in [3.63, 3.8) is 0 Å². The maximum Gasteiger partial charge on any atom is 0.418 e. The maximum atomic E-state index is 14.0. The smallest absolute Gasteiger partial charge is 0.418 e. The van der Waals surface area contributed by atoms with Crippen LogP contribution in [0.3, 0.4) is 0 Å². The molecule has 0 unspecified atom stereocenters. The van der Waals surface area contributed by atoms with Crippen LogP contribution in [0.5, 0.6) is 0 Å². The molecule has 1 aromatic carbocycles. The molecule has 2 aromatic heterocycles. The van der Waals surface area contributed by atoms with Gasteiger partial charge in [-0.1, -0.05) is 13.0 Å². The summed E-state index contributed by atoms with van der Waals surface area (Å²) in [5, 5.41) is 13.6. The zero-order valence-electron chi connectivity index (χ0n) is 21.5. The van der Waals surface area contributed by atoms with Gasteiger partial charge in [-0.3, -0.25) is 9.59 Å². The zero-order valence-corrected chi connectivity index (χ0v) is 23.2. The summed E-state index contributed by atoms with van der Waals surface area (Å²) < 4.78 is 42.0. The van der Waals surface area contributed by atoms with Gasteiger partial charge in [0.25, 0.3) is 5.91 Å². The largest absolute Gasteiger partial charge is 0.477 e. The van der Waals surface area contributed by atoms with Crippen LogP contribution in [-0.4, -0.2) is 33.9 Å². The first-order valence-electron chi connectivity index (χ1n) is 12.5. The Bertz CT molecular complexity index is 1360. The van der Waals surface area contributed by atoms with E-state index in [4.69, 9.17) is 0 Å². The number of nitrogens with zero attached hydrogens (tertiary/aromatic N) is 2. The molecular formula is C27H28F3N3O4S2. The molecule has 1 aliphatic rings. The number of anilines is 2. The predicted octanol–water partition coefficient (Wildman–Crippen LogP) is 7.41.